The van der Waals surface area contributed by atoms with Gasteiger partial charge in [0.05, 0.1) is 11.5 Å². The molecule has 0 aromatic carbocycles. The standard InChI is InChI=1S/C12H13N3O3S/c16-12(17)10-11(9-2-1-5-19-9)15(14-13-10)6-8-3-4-18-7-8/h1-2,5,8H,3-4,6-7H2,(H,16,17). The summed E-state index contributed by atoms with van der Waals surface area (Å²) >= 11 is 1.49. The van der Waals surface area contributed by atoms with Crippen LogP contribution in [0.3, 0.4) is 0 Å². The first kappa shape index (κ1) is 12.3. The molecule has 1 aliphatic heterocycles. The van der Waals surface area contributed by atoms with Gasteiger partial charge in [0, 0.05) is 19.1 Å². The number of aromatic nitrogens is 3. The summed E-state index contributed by atoms with van der Waals surface area (Å²) in [5, 5.41) is 18.9. The number of nitrogens with zero attached hydrogens (tertiary/aromatic N) is 3. The van der Waals surface area contributed by atoms with Gasteiger partial charge in [0.25, 0.3) is 0 Å². The van der Waals surface area contributed by atoms with Crippen molar-refractivity contribution >= 4 is 17.3 Å². The minimum Gasteiger partial charge on any atom is -0.476 e. The second-order valence-electron chi connectivity index (χ2n) is 4.48. The van der Waals surface area contributed by atoms with Crippen LogP contribution >= 0.6 is 11.3 Å². The number of hydrogen-bond donors (Lipinski definition) is 1. The van der Waals surface area contributed by atoms with E-state index in [2.05, 4.69) is 10.3 Å². The van der Waals surface area contributed by atoms with Gasteiger partial charge in [-0.15, -0.1) is 16.4 Å². The molecule has 100 valence electrons. The quantitative estimate of drug-likeness (QED) is 0.922. The van der Waals surface area contributed by atoms with E-state index >= 15 is 0 Å². The molecule has 0 radical (unpaired) electrons. The highest BCUT2D eigenvalue weighted by Gasteiger charge is 2.24. The van der Waals surface area contributed by atoms with Crippen LogP contribution in [0.15, 0.2) is 17.5 Å². The fourth-order valence-corrected chi connectivity index (χ4v) is 2.99. The molecule has 3 heterocycles. The third-order valence-electron chi connectivity index (χ3n) is 3.15. The Morgan fingerprint density at radius 1 is 1.63 bits per heavy atom. The Balaban J connectivity index is 1.97. The summed E-state index contributed by atoms with van der Waals surface area (Å²) in [5.41, 5.74) is 0.607. The van der Waals surface area contributed by atoms with E-state index < -0.39 is 5.97 Å². The van der Waals surface area contributed by atoms with Gasteiger partial charge >= 0.3 is 5.97 Å². The molecule has 0 spiro atoms. The van der Waals surface area contributed by atoms with E-state index in [0.29, 0.717) is 24.8 Å². The summed E-state index contributed by atoms with van der Waals surface area (Å²) in [5.74, 6) is -0.667. The van der Waals surface area contributed by atoms with Crippen LogP contribution < -0.4 is 0 Å². The number of rotatable bonds is 4. The van der Waals surface area contributed by atoms with E-state index in [0.717, 1.165) is 17.9 Å². The third kappa shape index (κ3) is 2.39. The fraction of sp³-hybridized carbons (Fsp3) is 0.417. The smallest absolute Gasteiger partial charge is 0.358 e. The van der Waals surface area contributed by atoms with Crippen molar-refractivity contribution in [2.45, 2.75) is 13.0 Å². The summed E-state index contributed by atoms with van der Waals surface area (Å²) in [7, 11) is 0. The van der Waals surface area contributed by atoms with Gasteiger partial charge in [-0.2, -0.15) is 0 Å². The highest BCUT2D eigenvalue weighted by Crippen LogP contribution is 2.28. The number of ether oxygens (including phenoxy) is 1. The topological polar surface area (TPSA) is 77.2 Å². The van der Waals surface area contributed by atoms with Crippen molar-refractivity contribution in [1.29, 1.82) is 0 Å². The molecule has 1 unspecified atom stereocenters. The van der Waals surface area contributed by atoms with Crippen molar-refractivity contribution in [2.75, 3.05) is 13.2 Å². The Labute approximate surface area is 113 Å². The van der Waals surface area contributed by atoms with Gasteiger partial charge in [0.1, 0.15) is 5.69 Å². The maximum atomic E-state index is 11.2. The first-order valence-corrected chi connectivity index (χ1v) is 6.92. The molecule has 0 amide bonds. The first-order valence-electron chi connectivity index (χ1n) is 6.04. The highest BCUT2D eigenvalue weighted by molar-refractivity contribution is 7.13. The van der Waals surface area contributed by atoms with E-state index in [1.54, 1.807) is 4.68 Å². The first-order chi connectivity index (χ1) is 9.25. The molecule has 7 heteroatoms. The van der Waals surface area contributed by atoms with Crippen LogP contribution in [-0.2, 0) is 11.3 Å². The maximum Gasteiger partial charge on any atom is 0.358 e. The lowest BCUT2D eigenvalue weighted by molar-refractivity contribution is 0.0691. The zero-order valence-electron chi connectivity index (χ0n) is 10.2. The van der Waals surface area contributed by atoms with Crippen LogP contribution in [0.4, 0.5) is 0 Å². The summed E-state index contributed by atoms with van der Waals surface area (Å²) in [4.78, 5) is 12.1. The zero-order valence-corrected chi connectivity index (χ0v) is 11.0. The second-order valence-corrected chi connectivity index (χ2v) is 5.43. The molecule has 1 fully saturated rings. The van der Waals surface area contributed by atoms with E-state index in [9.17, 15) is 9.90 Å². The Hall–Kier alpha value is -1.73. The summed E-state index contributed by atoms with van der Waals surface area (Å²) in [6.07, 6.45) is 0.978. The lowest BCUT2D eigenvalue weighted by atomic mass is 10.1. The molecule has 3 rings (SSSR count). The molecule has 2 aromatic heterocycles. The van der Waals surface area contributed by atoms with Crippen molar-refractivity contribution in [3.8, 4) is 10.6 Å². The number of carbonyl (C=O) groups is 1. The molecule has 2 aromatic rings. The molecule has 6 nitrogen and oxygen atoms in total. The van der Waals surface area contributed by atoms with Gasteiger partial charge in [0.15, 0.2) is 5.69 Å². The average Bonchev–Trinajstić information content (AvgIpc) is 3.09. The average molecular weight is 279 g/mol. The van der Waals surface area contributed by atoms with E-state index in [-0.39, 0.29) is 5.69 Å². The van der Waals surface area contributed by atoms with Gasteiger partial charge in [-0.05, 0) is 17.9 Å². The van der Waals surface area contributed by atoms with Gasteiger partial charge < -0.3 is 9.84 Å². The number of hydrogen-bond acceptors (Lipinski definition) is 5. The van der Waals surface area contributed by atoms with Crippen molar-refractivity contribution in [3.05, 3.63) is 23.2 Å². The Morgan fingerprint density at radius 2 is 2.53 bits per heavy atom. The Kier molecular flexibility index (Phi) is 3.31. The molecule has 1 atom stereocenters. The predicted molar refractivity (Wildman–Crippen MR) is 69.2 cm³/mol. The fourth-order valence-electron chi connectivity index (χ4n) is 2.21. The van der Waals surface area contributed by atoms with Crippen LogP contribution in [0, 0.1) is 5.92 Å². The van der Waals surface area contributed by atoms with Crippen molar-refractivity contribution in [2.24, 2.45) is 5.92 Å². The van der Waals surface area contributed by atoms with Crippen LogP contribution in [0.2, 0.25) is 0 Å². The normalized spacial score (nSPS) is 18.8. The molecule has 19 heavy (non-hydrogen) atoms. The van der Waals surface area contributed by atoms with Crippen molar-refractivity contribution < 1.29 is 14.6 Å². The SMILES string of the molecule is O=C(O)c1nnn(CC2CCOC2)c1-c1cccs1. The number of carboxylic acids is 1. The number of thiophene rings is 1. The summed E-state index contributed by atoms with van der Waals surface area (Å²) in [6, 6.07) is 3.78. The second kappa shape index (κ2) is 5.10. The van der Waals surface area contributed by atoms with Crippen LogP contribution in [-0.4, -0.2) is 39.3 Å². The van der Waals surface area contributed by atoms with Crippen molar-refractivity contribution in [1.82, 2.24) is 15.0 Å². The minimum atomic E-state index is -1.04. The monoisotopic (exact) mass is 279 g/mol. The Morgan fingerprint density at radius 3 is 3.16 bits per heavy atom. The highest BCUT2D eigenvalue weighted by atomic mass is 32.1. The lowest BCUT2D eigenvalue weighted by Gasteiger charge is -2.09. The van der Waals surface area contributed by atoms with Crippen LogP contribution in [0.1, 0.15) is 16.9 Å². The molecule has 0 bridgehead atoms. The summed E-state index contributed by atoms with van der Waals surface area (Å²) < 4.78 is 7.03. The Bertz CT molecular complexity index is 573. The molecule has 1 N–H and O–H groups in total. The molecular weight excluding hydrogens is 266 g/mol. The lowest BCUT2D eigenvalue weighted by Crippen LogP contribution is -2.13. The van der Waals surface area contributed by atoms with E-state index in [1.165, 1.54) is 11.3 Å². The molecule has 1 aliphatic rings. The van der Waals surface area contributed by atoms with Gasteiger partial charge in [-0.3, -0.25) is 0 Å². The molecule has 0 saturated carbocycles. The van der Waals surface area contributed by atoms with Gasteiger partial charge in [-0.1, -0.05) is 11.3 Å². The third-order valence-corrected chi connectivity index (χ3v) is 4.02. The van der Waals surface area contributed by atoms with Crippen LogP contribution in [0.25, 0.3) is 10.6 Å². The zero-order chi connectivity index (χ0) is 13.2. The number of aromatic carboxylic acids is 1. The van der Waals surface area contributed by atoms with Crippen molar-refractivity contribution in [3.63, 3.8) is 0 Å². The van der Waals surface area contributed by atoms with E-state index in [1.807, 2.05) is 17.5 Å². The summed E-state index contributed by atoms with van der Waals surface area (Å²) in [6.45, 7) is 2.11. The van der Waals surface area contributed by atoms with E-state index in [4.69, 9.17) is 4.74 Å². The predicted octanol–water partition coefficient (Wildman–Crippen LogP) is 1.74. The van der Waals surface area contributed by atoms with Gasteiger partial charge in [0.2, 0.25) is 0 Å². The minimum absolute atomic E-state index is 0.0152. The molecular formula is C12H13N3O3S. The molecule has 0 aliphatic carbocycles. The largest absolute Gasteiger partial charge is 0.476 e. The molecule has 1 saturated heterocycles. The van der Waals surface area contributed by atoms with Crippen LogP contribution in [0.5, 0.6) is 0 Å². The number of carboxylic acid groups (broad SMARTS) is 1. The van der Waals surface area contributed by atoms with Gasteiger partial charge in [-0.25, -0.2) is 9.48 Å². The maximum absolute atomic E-state index is 11.2.